The SMILES string of the molecule is O=C(O)C(CC1CCC2(CCCC2)O1)c1cccc(F)c1. The van der Waals surface area contributed by atoms with Crippen LogP contribution >= 0.6 is 0 Å². The van der Waals surface area contributed by atoms with E-state index in [2.05, 4.69) is 0 Å². The summed E-state index contributed by atoms with van der Waals surface area (Å²) in [6.45, 7) is 0. The van der Waals surface area contributed by atoms with Gasteiger partial charge < -0.3 is 9.84 Å². The molecule has 2 aliphatic rings. The molecule has 1 aromatic carbocycles. The molecule has 2 atom stereocenters. The third-order valence-electron chi connectivity index (χ3n) is 4.90. The normalized spacial score (nSPS) is 25.3. The summed E-state index contributed by atoms with van der Waals surface area (Å²) in [6, 6.07) is 5.90. The Balaban J connectivity index is 1.70. The molecule has 3 nitrogen and oxygen atoms in total. The van der Waals surface area contributed by atoms with E-state index in [0.717, 1.165) is 25.7 Å². The molecule has 1 saturated heterocycles. The zero-order valence-corrected chi connectivity index (χ0v) is 12.1. The lowest BCUT2D eigenvalue weighted by Crippen LogP contribution is -2.26. The van der Waals surface area contributed by atoms with E-state index < -0.39 is 17.7 Å². The Labute approximate surface area is 124 Å². The third-order valence-corrected chi connectivity index (χ3v) is 4.90. The molecule has 1 aliphatic heterocycles. The van der Waals surface area contributed by atoms with Crippen molar-refractivity contribution in [2.45, 2.75) is 62.6 Å². The average molecular weight is 292 g/mol. The van der Waals surface area contributed by atoms with Crippen LogP contribution in [-0.2, 0) is 9.53 Å². The fourth-order valence-electron chi connectivity index (χ4n) is 3.81. The van der Waals surface area contributed by atoms with E-state index in [0.29, 0.717) is 12.0 Å². The topological polar surface area (TPSA) is 46.5 Å². The van der Waals surface area contributed by atoms with E-state index in [1.807, 2.05) is 0 Å². The van der Waals surface area contributed by atoms with Gasteiger partial charge in [-0.2, -0.15) is 0 Å². The maximum atomic E-state index is 13.3. The van der Waals surface area contributed by atoms with Crippen molar-refractivity contribution >= 4 is 5.97 Å². The summed E-state index contributed by atoms with van der Waals surface area (Å²) < 4.78 is 19.5. The smallest absolute Gasteiger partial charge is 0.311 e. The second-order valence-corrected chi connectivity index (χ2v) is 6.35. The van der Waals surface area contributed by atoms with Gasteiger partial charge in [-0.3, -0.25) is 4.79 Å². The number of carbonyl (C=O) groups is 1. The van der Waals surface area contributed by atoms with Crippen LogP contribution in [0.25, 0.3) is 0 Å². The second kappa shape index (κ2) is 5.76. The standard InChI is InChI=1S/C17H21FO3/c18-13-5-3-4-12(10-13)15(16(19)20)11-14-6-9-17(21-14)7-1-2-8-17/h3-5,10,14-15H,1-2,6-9,11H2,(H,19,20). The maximum absolute atomic E-state index is 13.3. The molecule has 3 rings (SSSR count). The van der Waals surface area contributed by atoms with Crippen molar-refractivity contribution in [3.8, 4) is 0 Å². The van der Waals surface area contributed by atoms with Crippen LogP contribution in [0.1, 0.15) is 56.4 Å². The Morgan fingerprint density at radius 3 is 2.81 bits per heavy atom. The maximum Gasteiger partial charge on any atom is 0.311 e. The van der Waals surface area contributed by atoms with Crippen molar-refractivity contribution in [2.75, 3.05) is 0 Å². The number of benzene rings is 1. The van der Waals surface area contributed by atoms with Crippen molar-refractivity contribution in [1.29, 1.82) is 0 Å². The van der Waals surface area contributed by atoms with Crippen molar-refractivity contribution in [1.82, 2.24) is 0 Å². The van der Waals surface area contributed by atoms with Crippen molar-refractivity contribution in [2.24, 2.45) is 0 Å². The van der Waals surface area contributed by atoms with Gasteiger partial charge in [-0.25, -0.2) is 4.39 Å². The molecule has 1 heterocycles. The molecule has 1 spiro atoms. The first-order valence-electron chi connectivity index (χ1n) is 7.74. The number of carboxylic acid groups (broad SMARTS) is 1. The molecule has 1 saturated carbocycles. The predicted molar refractivity (Wildman–Crippen MR) is 76.7 cm³/mol. The summed E-state index contributed by atoms with van der Waals surface area (Å²) >= 11 is 0. The van der Waals surface area contributed by atoms with Crippen LogP contribution in [0.5, 0.6) is 0 Å². The van der Waals surface area contributed by atoms with E-state index >= 15 is 0 Å². The van der Waals surface area contributed by atoms with Crippen LogP contribution in [0.3, 0.4) is 0 Å². The van der Waals surface area contributed by atoms with Crippen LogP contribution in [0.4, 0.5) is 4.39 Å². The van der Waals surface area contributed by atoms with Gasteiger partial charge in [0, 0.05) is 0 Å². The summed E-state index contributed by atoms with van der Waals surface area (Å²) in [5.41, 5.74) is 0.536. The monoisotopic (exact) mass is 292 g/mol. The highest BCUT2D eigenvalue weighted by molar-refractivity contribution is 5.76. The summed E-state index contributed by atoms with van der Waals surface area (Å²) in [4.78, 5) is 11.5. The molecule has 1 aliphatic carbocycles. The Hall–Kier alpha value is -1.42. The highest BCUT2D eigenvalue weighted by Crippen LogP contribution is 2.45. The molecule has 21 heavy (non-hydrogen) atoms. The van der Waals surface area contributed by atoms with Gasteiger partial charge in [0.2, 0.25) is 0 Å². The Bertz CT molecular complexity index is 523. The number of ether oxygens (including phenoxy) is 1. The van der Waals surface area contributed by atoms with E-state index in [4.69, 9.17) is 4.74 Å². The van der Waals surface area contributed by atoms with Crippen molar-refractivity contribution < 1.29 is 19.0 Å². The zero-order valence-electron chi connectivity index (χ0n) is 12.1. The summed E-state index contributed by atoms with van der Waals surface area (Å²) in [7, 11) is 0. The van der Waals surface area contributed by atoms with E-state index in [-0.39, 0.29) is 11.7 Å². The van der Waals surface area contributed by atoms with Gasteiger partial charge in [0.15, 0.2) is 0 Å². The van der Waals surface area contributed by atoms with Gasteiger partial charge in [0.05, 0.1) is 17.6 Å². The Morgan fingerprint density at radius 2 is 2.14 bits per heavy atom. The van der Waals surface area contributed by atoms with Crippen LogP contribution in [0.15, 0.2) is 24.3 Å². The van der Waals surface area contributed by atoms with E-state index in [9.17, 15) is 14.3 Å². The van der Waals surface area contributed by atoms with Crippen LogP contribution in [0, 0.1) is 5.82 Å². The lowest BCUT2D eigenvalue weighted by atomic mass is 9.91. The summed E-state index contributed by atoms with van der Waals surface area (Å²) in [5, 5.41) is 9.46. The molecule has 4 heteroatoms. The first-order valence-corrected chi connectivity index (χ1v) is 7.74. The first kappa shape index (κ1) is 14.5. The predicted octanol–water partition coefficient (Wildman–Crippen LogP) is 3.88. The van der Waals surface area contributed by atoms with E-state index in [1.54, 1.807) is 12.1 Å². The van der Waals surface area contributed by atoms with Gasteiger partial charge in [0.25, 0.3) is 0 Å². The number of aliphatic carboxylic acids is 1. The average Bonchev–Trinajstić information content (AvgIpc) is 3.06. The van der Waals surface area contributed by atoms with Crippen molar-refractivity contribution in [3.63, 3.8) is 0 Å². The number of rotatable bonds is 4. The molecular weight excluding hydrogens is 271 g/mol. The van der Waals surface area contributed by atoms with Crippen LogP contribution in [0.2, 0.25) is 0 Å². The quantitative estimate of drug-likeness (QED) is 0.916. The van der Waals surface area contributed by atoms with Crippen LogP contribution in [-0.4, -0.2) is 22.8 Å². The van der Waals surface area contributed by atoms with E-state index in [1.165, 1.54) is 25.0 Å². The fourth-order valence-corrected chi connectivity index (χ4v) is 3.81. The minimum Gasteiger partial charge on any atom is -0.481 e. The molecular formula is C17H21FO3. The Morgan fingerprint density at radius 1 is 1.38 bits per heavy atom. The third kappa shape index (κ3) is 3.10. The summed E-state index contributed by atoms with van der Waals surface area (Å²) in [6.07, 6.45) is 6.97. The lowest BCUT2D eigenvalue weighted by molar-refractivity contribution is -0.140. The van der Waals surface area contributed by atoms with Gasteiger partial charge in [-0.1, -0.05) is 25.0 Å². The first-order chi connectivity index (χ1) is 10.1. The molecule has 0 amide bonds. The minimum absolute atomic E-state index is 0.00958. The minimum atomic E-state index is -0.906. The molecule has 2 unspecified atom stereocenters. The number of carboxylic acids is 1. The van der Waals surface area contributed by atoms with Gasteiger partial charge >= 0.3 is 5.97 Å². The Kier molecular flexibility index (Phi) is 3.98. The van der Waals surface area contributed by atoms with Crippen LogP contribution < -0.4 is 0 Å². The molecule has 1 aromatic rings. The van der Waals surface area contributed by atoms with Gasteiger partial charge in [-0.05, 0) is 49.8 Å². The number of hydrogen-bond acceptors (Lipinski definition) is 2. The summed E-state index contributed by atoms with van der Waals surface area (Å²) in [5.74, 6) is -1.99. The van der Waals surface area contributed by atoms with Gasteiger partial charge in [0.1, 0.15) is 5.82 Å². The molecule has 0 bridgehead atoms. The highest BCUT2D eigenvalue weighted by atomic mass is 19.1. The molecule has 0 radical (unpaired) electrons. The highest BCUT2D eigenvalue weighted by Gasteiger charge is 2.43. The largest absolute Gasteiger partial charge is 0.481 e. The zero-order chi connectivity index (χ0) is 14.9. The molecule has 0 aromatic heterocycles. The second-order valence-electron chi connectivity index (χ2n) is 6.35. The van der Waals surface area contributed by atoms with Crippen molar-refractivity contribution in [3.05, 3.63) is 35.6 Å². The fraction of sp³-hybridized carbons (Fsp3) is 0.588. The molecule has 1 N–H and O–H groups in total. The molecule has 2 fully saturated rings. The number of halogens is 1. The number of hydrogen-bond donors (Lipinski definition) is 1. The lowest BCUT2D eigenvalue weighted by Gasteiger charge is -2.25. The molecule has 114 valence electrons. The van der Waals surface area contributed by atoms with Gasteiger partial charge in [-0.15, -0.1) is 0 Å².